The minimum atomic E-state index is -0.276. The lowest BCUT2D eigenvalue weighted by Gasteiger charge is -2.43. The quantitative estimate of drug-likeness (QED) is 0.471. The number of ketones is 2. The van der Waals surface area contributed by atoms with E-state index in [0.29, 0.717) is 6.42 Å². The zero-order valence-corrected chi connectivity index (χ0v) is 8.58. The molecule has 0 spiro atoms. The van der Waals surface area contributed by atoms with Crippen LogP contribution in [0.2, 0.25) is 0 Å². The number of carbonyl (C=O) groups is 2. The molecule has 0 N–H and O–H groups in total. The predicted molar refractivity (Wildman–Crippen MR) is 53.8 cm³/mol. The molecule has 14 heavy (non-hydrogen) atoms. The first-order valence-corrected chi connectivity index (χ1v) is 5.28. The normalized spacial score (nSPS) is 42.4. The Balaban J connectivity index is 2.38. The highest BCUT2D eigenvalue weighted by atomic mass is 16.2. The SMILES string of the molecule is C=CC1(C)CC(=O)C2CCCC1C2=O. The predicted octanol–water partition coefficient (Wildman–Crippen LogP) is 2.14. The third kappa shape index (κ3) is 1.17. The Hall–Kier alpha value is -0.920. The molecule has 0 radical (unpaired) electrons. The van der Waals surface area contributed by atoms with E-state index in [1.807, 2.05) is 6.92 Å². The molecule has 2 fully saturated rings. The van der Waals surface area contributed by atoms with Gasteiger partial charge in [0.15, 0.2) is 0 Å². The molecule has 0 amide bonds. The number of carbonyl (C=O) groups excluding carboxylic acids is 2. The fourth-order valence-corrected chi connectivity index (χ4v) is 2.86. The summed E-state index contributed by atoms with van der Waals surface area (Å²) in [6.07, 6.45) is 5.04. The highest BCUT2D eigenvalue weighted by Gasteiger charge is 2.49. The second kappa shape index (κ2) is 3.04. The fraction of sp³-hybridized carbons (Fsp3) is 0.667. The van der Waals surface area contributed by atoms with Crippen molar-refractivity contribution in [3.8, 4) is 0 Å². The summed E-state index contributed by atoms with van der Waals surface area (Å²) in [5, 5.41) is 0. The minimum Gasteiger partial charge on any atom is -0.299 e. The van der Waals surface area contributed by atoms with Crippen molar-refractivity contribution < 1.29 is 9.59 Å². The molecule has 2 saturated carbocycles. The molecule has 0 aromatic carbocycles. The van der Waals surface area contributed by atoms with Crippen LogP contribution in [0.1, 0.15) is 32.6 Å². The highest BCUT2D eigenvalue weighted by Crippen LogP contribution is 2.47. The van der Waals surface area contributed by atoms with Gasteiger partial charge >= 0.3 is 0 Å². The van der Waals surface area contributed by atoms with Crippen LogP contribution in [0.3, 0.4) is 0 Å². The lowest BCUT2D eigenvalue weighted by molar-refractivity contribution is -0.146. The minimum absolute atomic E-state index is 0.0523. The standard InChI is InChI=1S/C12H16O2/c1-3-12(2)7-10(13)8-5-4-6-9(12)11(8)14/h3,8-9H,1,4-7H2,2H3. The summed E-state index contributed by atoms with van der Waals surface area (Å²) in [7, 11) is 0. The monoisotopic (exact) mass is 192 g/mol. The van der Waals surface area contributed by atoms with Gasteiger partial charge in [-0.05, 0) is 12.8 Å². The summed E-state index contributed by atoms with van der Waals surface area (Å²) in [5.74, 6) is 0.0847. The van der Waals surface area contributed by atoms with Crippen molar-refractivity contribution in [2.75, 3.05) is 0 Å². The van der Waals surface area contributed by atoms with Gasteiger partial charge in [-0.2, -0.15) is 0 Å². The number of hydrogen-bond donors (Lipinski definition) is 0. The number of Topliss-reactive ketones (excluding diaryl/α,β-unsaturated/α-hetero) is 2. The summed E-state index contributed by atoms with van der Waals surface area (Å²) < 4.78 is 0. The second-order valence-corrected chi connectivity index (χ2v) is 4.79. The molecular formula is C12H16O2. The van der Waals surface area contributed by atoms with Gasteiger partial charge in [-0.15, -0.1) is 6.58 Å². The summed E-state index contributed by atoms with van der Waals surface area (Å²) in [5.41, 5.74) is -0.273. The molecule has 76 valence electrons. The number of rotatable bonds is 1. The molecule has 2 aliphatic rings. The largest absolute Gasteiger partial charge is 0.299 e. The zero-order chi connectivity index (χ0) is 10.3. The van der Waals surface area contributed by atoms with Crippen molar-refractivity contribution in [1.29, 1.82) is 0 Å². The first-order chi connectivity index (χ1) is 6.58. The van der Waals surface area contributed by atoms with Crippen molar-refractivity contribution in [3.05, 3.63) is 12.7 Å². The van der Waals surface area contributed by atoms with Crippen molar-refractivity contribution in [2.45, 2.75) is 32.6 Å². The smallest absolute Gasteiger partial charge is 0.147 e. The first kappa shape index (κ1) is 9.63. The molecule has 0 heterocycles. The first-order valence-electron chi connectivity index (χ1n) is 5.28. The highest BCUT2D eigenvalue weighted by molar-refractivity contribution is 6.07. The molecular weight excluding hydrogens is 176 g/mol. The van der Waals surface area contributed by atoms with Gasteiger partial charge in [-0.1, -0.05) is 19.4 Å². The Morgan fingerprint density at radius 3 is 2.79 bits per heavy atom. The van der Waals surface area contributed by atoms with Gasteiger partial charge in [-0.25, -0.2) is 0 Å². The molecule has 3 atom stereocenters. The molecule has 2 heteroatoms. The number of hydrogen-bond acceptors (Lipinski definition) is 2. The maximum atomic E-state index is 11.9. The Labute approximate surface area is 84.4 Å². The van der Waals surface area contributed by atoms with E-state index in [-0.39, 0.29) is 28.8 Å². The van der Waals surface area contributed by atoms with E-state index < -0.39 is 0 Å². The van der Waals surface area contributed by atoms with Gasteiger partial charge < -0.3 is 0 Å². The van der Waals surface area contributed by atoms with Crippen LogP contribution in [0, 0.1) is 17.3 Å². The molecule has 0 aliphatic heterocycles. The molecule has 0 saturated heterocycles. The summed E-state index contributed by atoms with van der Waals surface area (Å²) in [6, 6.07) is 0. The van der Waals surface area contributed by atoms with Gasteiger partial charge in [-0.3, -0.25) is 9.59 Å². The lowest BCUT2D eigenvalue weighted by atomic mass is 9.58. The van der Waals surface area contributed by atoms with Crippen LogP contribution < -0.4 is 0 Å². The molecule has 2 aliphatic carbocycles. The van der Waals surface area contributed by atoms with Crippen molar-refractivity contribution in [2.24, 2.45) is 17.3 Å². The van der Waals surface area contributed by atoms with E-state index in [9.17, 15) is 9.59 Å². The van der Waals surface area contributed by atoms with Crippen LogP contribution in [-0.4, -0.2) is 11.6 Å². The zero-order valence-electron chi connectivity index (χ0n) is 8.58. The maximum absolute atomic E-state index is 11.9. The van der Waals surface area contributed by atoms with E-state index in [4.69, 9.17) is 0 Å². The molecule has 2 rings (SSSR count). The van der Waals surface area contributed by atoms with Crippen molar-refractivity contribution in [3.63, 3.8) is 0 Å². The lowest BCUT2D eigenvalue weighted by Crippen LogP contribution is -2.48. The Bertz CT molecular complexity index is 305. The van der Waals surface area contributed by atoms with Crippen LogP contribution in [0.25, 0.3) is 0 Å². The second-order valence-electron chi connectivity index (χ2n) is 4.79. The molecule has 0 aromatic rings. The van der Waals surface area contributed by atoms with E-state index in [0.717, 1.165) is 19.3 Å². The van der Waals surface area contributed by atoms with Gasteiger partial charge in [0, 0.05) is 17.8 Å². The maximum Gasteiger partial charge on any atom is 0.147 e. The molecule has 2 nitrogen and oxygen atoms in total. The molecule has 0 aromatic heterocycles. The van der Waals surface area contributed by atoms with Crippen LogP contribution in [-0.2, 0) is 9.59 Å². The van der Waals surface area contributed by atoms with Gasteiger partial charge in [0.25, 0.3) is 0 Å². The Morgan fingerprint density at radius 1 is 1.43 bits per heavy atom. The van der Waals surface area contributed by atoms with E-state index in [2.05, 4.69) is 6.58 Å². The van der Waals surface area contributed by atoms with Crippen LogP contribution in [0.15, 0.2) is 12.7 Å². The summed E-state index contributed by atoms with van der Waals surface area (Å²) in [4.78, 5) is 23.6. The average molecular weight is 192 g/mol. The fourth-order valence-electron chi connectivity index (χ4n) is 2.86. The number of fused-ring (bicyclic) bond motifs is 2. The average Bonchev–Trinajstić information content (AvgIpc) is 2.15. The van der Waals surface area contributed by atoms with Crippen molar-refractivity contribution in [1.82, 2.24) is 0 Å². The third-order valence-corrected chi connectivity index (χ3v) is 3.88. The van der Waals surface area contributed by atoms with Gasteiger partial charge in [0.05, 0.1) is 5.92 Å². The van der Waals surface area contributed by atoms with Crippen LogP contribution >= 0.6 is 0 Å². The van der Waals surface area contributed by atoms with Crippen molar-refractivity contribution >= 4 is 11.6 Å². The summed E-state index contributed by atoms with van der Waals surface area (Å²) >= 11 is 0. The van der Waals surface area contributed by atoms with E-state index >= 15 is 0 Å². The Kier molecular flexibility index (Phi) is 2.09. The topological polar surface area (TPSA) is 34.1 Å². The van der Waals surface area contributed by atoms with E-state index in [1.54, 1.807) is 6.08 Å². The summed E-state index contributed by atoms with van der Waals surface area (Å²) in [6.45, 7) is 5.76. The van der Waals surface area contributed by atoms with Crippen LogP contribution in [0.4, 0.5) is 0 Å². The molecule has 2 bridgehead atoms. The third-order valence-electron chi connectivity index (χ3n) is 3.88. The molecule has 3 unspecified atom stereocenters. The van der Waals surface area contributed by atoms with Gasteiger partial charge in [0.2, 0.25) is 0 Å². The van der Waals surface area contributed by atoms with Crippen LogP contribution in [0.5, 0.6) is 0 Å². The van der Waals surface area contributed by atoms with E-state index in [1.165, 1.54) is 0 Å². The van der Waals surface area contributed by atoms with Gasteiger partial charge in [0.1, 0.15) is 11.6 Å². The Morgan fingerprint density at radius 2 is 2.14 bits per heavy atom. The number of allylic oxidation sites excluding steroid dienone is 1.